The van der Waals surface area contributed by atoms with E-state index in [0.717, 1.165) is 36.5 Å². The molecule has 0 bridgehead atoms. The molecule has 21 heteroatoms. The van der Waals surface area contributed by atoms with E-state index in [1.165, 1.54) is 0 Å². The van der Waals surface area contributed by atoms with Gasteiger partial charge in [-0.2, -0.15) is 0 Å². The molecule has 0 radical (unpaired) electrons. The lowest BCUT2D eigenvalue weighted by molar-refractivity contribution is -0.140. The zero-order chi connectivity index (χ0) is 41.4. The maximum Gasteiger partial charge on any atom is 0.508 e. The van der Waals surface area contributed by atoms with Gasteiger partial charge in [-0.1, -0.05) is 39.5 Å². The van der Waals surface area contributed by atoms with E-state index >= 15 is 0 Å². The molecule has 21 nitrogen and oxygen atoms in total. The van der Waals surface area contributed by atoms with Crippen LogP contribution in [-0.2, 0) is 71.4 Å². The SMILES string of the molecule is C=CC(=O)OCCNC(=O)NCCOC(=O)C=C.C=CC(=O)OCCNC(=O)OCCOC(=O)C=C.C=CC(=O)OCCOC(=O)OCCOC(=O)C=C. The van der Waals surface area contributed by atoms with Gasteiger partial charge in [0.2, 0.25) is 0 Å². The topological polar surface area (TPSA) is 273 Å². The van der Waals surface area contributed by atoms with Gasteiger partial charge in [-0.3, -0.25) is 0 Å². The Bertz CT molecular complexity index is 1040. The van der Waals surface area contributed by atoms with Crippen molar-refractivity contribution in [2.24, 2.45) is 0 Å². The number of carbonyl (C=O) groups is 9. The molecular weight excluding hydrogens is 726 g/mol. The summed E-state index contributed by atoms with van der Waals surface area (Å²) < 4.78 is 41.3. The number of ether oxygens (including phenoxy) is 9. The van der Waals surface area contributed by atoms with Crippen LogP contribution in [0.5, 0.6) is 0 Å². The summed E-state index contributed by atoms with van der Waals surface area (Å²) in [4.78, 5) is 96.7. The van der Waals surface area contributed by atoms with E-state index in [4.69, 9.17) is 0 Å². The van der Waals surface area contributed by atoms with Gasteiger partial charge in [0.1, 0.15) is 59.5 Å². The second-order valence-electron chi connectivity index (χ2n) is 8.42. The monoisotopic (exact) mass is 771 g/mol. The lowest BCUT2D eigenvalue weighted by atomic mass is 10.6. The quantitative estimate of drug-likeness (QED) is 0.0522. The van der Waals surface area contributed by atoms with Gasteiger partial charge in [-0.05, 0) is 0 Å². The van der Waals surface area contributed by atoms with Crippen molar-refractivity contribution < 1.29 is 85.8 Å². The van der Waals surface area contributed by atoms with Crippen LogP contribution in [0, 0.1) is 0 Å². The fourth-order valence-electron chi connectivity index (χ4n) is 2.26. The molecule has 0 aromatic carbocycles. The maximum atomic E-state index is 11.1. The molecule has 0 heterocycles. The van der Waals surface area contributed by atoms with Crippen LogP contribution in [0.25, 0.3) is 0 Å². The van der Waals surface area contributed by atoms with Gasteiger partial charge >= 0.3 is 54.1 Å². The fraction of sp³-hybridized carbons (Fsp3) is 0.364. The smallest absolute Gasteiger partial charge is 0.461 e. The van der Waals surface area contributed by atoms with E-state index < -0.39 is 54.1 Å². The molecule has 0 aromatic rings. The third kappa shape index (κ3) is 39.5. The van der Waals surface area contributed by atoms with Crippen molar-refractivity contribution in [3.63, 3.8) is 0 Å². The minimum Gasteiger partial charge on any atom is -0.461 e. The van der Waals surface area contributed by atoms with Crippen LogP contribution >= 0.6 is 0 Å². The molecule has 0 aliphatic heterocycles. The van der Waals surface area contributed by atoms with Gasteiger partial charge < -0.3 is 58.6 Å². The molecule has 0 fully saturated rings. The van der Waals surface area contributed by atoms with Gasteiger partial charge in [0.05, 0.1) is 19.6 Å². The van der Waals surface area contributed by atoms with Crippen molar-refractivity contribution in [1.29, 1.82) is 0 Å². The van der Waals surface area contributed by atoms with Gasteiger partial charge in [-0.15, -0.1) is 0 Å². The summed E-state index contributed by atoms with van der Waals surface area (Å²) in [6.07, 6.45) is 4.44. The second-order valence-corrected chi connectivity index (χ2v) is 8.42. The summed E-state index contributed by atoms with van der Waals surface area (Å²) in [5, 5.41) is 7.21. The van der Waals surface area contributed by atoms with Crippen LogP contribution < -0.4 is 16.0 Å². The second kappa shape index (κ2) is 37.3. The third-order valence-corrected chi connectivity index (χ3v) is 4.54. The Balaban J connectivity index is -0.000000722. The number of nitrogens with one attached hydrogen (secondary N) is 3. The molecule has 0 rings (SSSR count). The van der Waals surface area contributed by atoms with Crippen LogP contribution in [0.15, 0.2) is 75.9 Å². The number of alkyl carbamates (subject to hydrolysis) is 1. The molecule has 0 atom stereocenters. The summed E-state index contributed by atoms with van der Waals surface area (Å²) in [5.74, 6) is -3.47. The van der Waals surface area contributed by atoms with E-state index in [2.05, 4.69) is 98.1 Å². The summed E-state index contributed by atoms with van der Waals surface area (Å²) in [5.41, 5.74) is 0. The third-order valence-electron chi connectivity index (χ3n) is 4.54. The van der Waals surface area contributed by atoms with Crippen LogP contribution in [0.4, 0.5) is 14.4 Å². The number of amides is 3. The van der Waals surface area contributed by atoms with Crippen molar-refractivity contribution in [1.82, 2.24) is 16.0 Å². The molecule has 0 aromatic heterocycles. The molecule has 0 aliphatic carbocycles. The first-order valence-electron chi connectivity index (χ1n) is 15.3. The average molecular weight is 772 g/mol. The summed E-state index contributed by atoms with van der Waals surface area (Å²) in [6.45, 7) is 19.3. The number of hydrogen-bond donors (Lipinski definition) is 3. The molecule has 3 amide bonds. The van der Waals surface area contributed by atoms with Gasteiger partial charge in [0.25, 0.3) is 0 Å². The average Bonchev–Trinajstić information content (AvgIpc) is 3.18. The largest absolute Gasteiger partial charge is 0.508 e. The Hall–Kier alpha value is -6.93. The molecule has 3 N–H and O–H groups in total. The summed E-state index contributed by atoms with van der Waals surface area (Å²) in [6, 6.07) is -0.445. The van der Waals surface area contributed by atoms with Crippen molar-refractivity contribution in [2.45, 2.75) is 0 Å². The molecule has 0 saturated carbocycles. The number of urea groups is 1. The van der Waals surface area contributed by atoms with Crippen LogP contribution in [0.3, 0.4) is 0 Å². The van der Waals surface area contributed by atoms with Crippen LogP contribution in [0.1, 0.15) is 0 Å². The fourth-order valence-corrected chi connectivity index (χ4v) is 2.26. The van der Waals surface area contributed by atoms with Crippen LogP contribution in [-0.4, -0.2) is 133 Å². The molecule has 0 spiro atoms. The Kier molecular flexibility index (Phi) is 35.6. The highest BCUT2D eigenvalue weighted by molar-refractivity contribution is 5.83. The Morgan fingerprint density at radius 1 is 0.333 bits per heavy atom. The first-order valence-corrected chi connectivity index (χ1v) is 15.3. The van der Waals surface area contributed by atoms with Crippen molar-refractivity contribution in [2.75, 3.05) is 79.1 Å². The normalized spacial score (nSPS) is 8.89. The molecule has 0 saturated heterocycles. The Morgan fingerprint density at radius 3 is 0.870 bits per heavy atom. The van der Waals surface area contributed by atoms with Gasteiger partial charge in [0.15, 0.2) is 0 Å². The predicted molar refractivity (Wildman–Crippen MR) is 185 cm³/mol. The van der Waals surface area contributed by atoms with E-state index in [9.17, 15) is 43.2 Å². The van der Waals surface area contributed by atoms with Crippen molar-refractivity contribution in [3.05, 3.63) is 75.9 Å². The van der Waals surface area contributed by atoms with Crippen molar-refractivity contribution in [3.8, 4) is 0 Å². The highest BCUT2D eigenvalue weighted by Gasteiger charge is 2.06. The number of hydrogen-bond acceptors (Lipinski definition) is 18. The number of rotatable bonds is 24. The maximum absolute atomic E-state index is 11.1. The standard InChI is InChI=1S/C11H16N2O5.C11H15NO6.C11H14O7/c1-3-9(14)17-7-5-12-11(16)13-6-8-18-10(15)4-2;1-3-9(13)16-6-5-12-11(15)18-8-7-17-10(14)4-2;1-3-9(12)15-5-7-17-11(14)18-8-6-16-10(13)4-2/h3-4H,1-2,5-8H2,(H2,12,13,16);3-4H,1-2,5-8H2,(H,12,15);3-4H,1-2,5-8H2. The lowest BCUT2D eigenvalue weighted by Gasteiger charge is -2.07. The predicted octanol–water partition coefficient (Wildman–Crippen LogP) is 0.513. The number of carbonyl (C=O) groups excluding carboxylic acids is 9. The molecule has 54 heavy (non-hydrogen) atoms. The Labute approximate surface area is 310 Å². The lowest BCUT2D eigenvalue weighted by Crippen LogP contribution is -2.39. The first kappa shape index (κ1) is 51.4. The summed E-state index contributed by atoms with van der Waals surface area (Å²) >= 11 is 0. The van der Waals surface area contributed by atoms with Gasteiger partial charge in [0, 0.05) is 36.5 Å². The molecule has 0 aliphatic rings. The minimum absolute atomic E-state index is 0.0192. The highest BCUT2D eigenvalue weighted by atomic mass is 16.7. The van der Waals surface area contributed by atoms with Crippen LogP contribution in [0.2, 0.25) is 0 Å². The zero-order valence-corrected chi connectivity index (χ0v) is 29.5. The summed E-state index contributed by atoms with van der Waals surface area (Å²) in [7, 11) is 0. The Morgan fingerprint density at radius 2 is 0.574 bits per heavy atom. The highest BCUT2D eigenvalue weighted by Crippen LogP contribution is 1.89. The van der Waals surface area contributed by atoms with Gasteiger partial charge in [-0.25, -0.2) is 43.2 Å². The van der Waals surface area contributed by atoms with E-state index in [1.54, 1.807) is 0 Å². The van der Waals surface area contributed by atoms with Crippen molar-refractivity contribution >= 4 is 54.1 Å². The molecule has 0 unspecified atom stereocenters. The molecular formula is C33H45N3O18. The van der Waals surface area contributed by atoms with E-state index in [-0.39, 0.29) is 79.1 Å². The minimum atomic E-state index is -0.945. The zero-order valence-electron chi connectivity index (χ0n) is 29.5. The number of esters is 6. The van der Waals surface area contributed by atoms with E-state index in [1.807, 2.05) is 0 Å². The van der Waals surface area contributed by atoms with E-state index in [0.29, 0.717) is 0 Å². The molecule has 300 valence electrons. The first-order chi connectivity index (χ1) is 25.8.